The number of allylic oxidation sites excluding steroid dienone is 1. The van der Waals surface area contributed by atoms with Crippen LogP contribution in [0.2, 0.25) is 10.2 Å². The zero-order valence-electron chi connectivity index (χ0n) is 34.8. The molecule has 3 aromatic carbocycles. The monoisotopic (exact) mass is 905 g/mol. The fraction of sp³-hybridized carbons (Fsp3) is 0.354. The van der Waals surface area contributed by atoms with Crippen LogP contribution in [0.3, 0.4) is 0 Å². The molecule has 1 aliphatic carbocycles. The van der Waals surface area contributed by atoms with Gasteiger partial charge in [0.05, 0.1) is 6.04 Å². The molecular formula is C48H46Cl2FN7O6. The maximum Gasteiger partial charge on any atom is 0.255 e. The number of carbonyl (C=O) groups is 6. The van der Waals surface area contributed by atoms with Gasteiger partial charge in [-0.3, -0.25) is 39.4 Å². The highest BCUT2D eigenvalue weighted by Gasteiger charge is 2.72. The van der Waals surface area contributed by atoms with Crippen molar-refractivity contribution < 1.29 is 33.2 Å². The zero-order valence-corrected chi connectivity index (χ0v) is 36.3. The highest BCUT2D eigenvalue weighted by atomic mass is 35.5. The van der Waals surface area contributed by atoms with Crippen LogP contribution in [-0.4, -0.2) is 69.5 Å². The van der Waals surface area contributed by atoms with Crippen LogP contribution in [0.25, 0.3) is 0 Å². The van der Waals surface area contributed by atoms with Crippen LogP contribution in [0.5, 0.6) is 0 Å². The van der Waals surface area contributed by atoms with Crippen LogP contribution in [0, 0.1) is 5.82 Å². The molecule has 6 amide bonds. The molecular weight excluding hydrogens is 860 g/mol. The van der Waals surface area contributed by atoms with E-state index in [1.54, 1.807) is 48.5 Å². The fourth-order valence-corrected chi connectivity index (χ4v) is 11.2. The van der Waals surface area contributed by atoms with E-state index in [2.05, 4.69) is 38.1 Å². The minimum atomic E-state index is -1.39. The van der Waals surface area contributed by atoms with Gasteiger partial charge in [-0.25, -0.2) is 9.37 Å². The second kappa shape index (κ2) is 17.2. The zero-order chi connectivity index (χ0) is 44.9. The number of amides is 6. The predicted molar refractivity (Wildman–Crippen MR) is 238 cm³/mol. The molecule has 13 nitrogen and oxygen atoms in total. The Morgan fingerprint density at radius 2 is 1.75 bits per heavy atom. The molecule has 4 atom stereocenters. The van der Waals surface area contributed by atoms with Crippen molar-refractivity contribution in [1.82, 2.24) is 25.8 Å². The molecule has 9 rings (SSSR count). The molecule has 1 saturated carbocycles. The van der Waals surface area contributed by atoms with E-state index in [-0.39, 0.29) is 47.3 Å². The van der Waals surface area contributed by atoms with E-state index < -0.39 is 46.6 Å². The first kappa shape index (κ1) is 43.3. The molecule has 2 spiro atoms. The number of hydrogen-bond donors (Lipinski definition) is 5. The fourth-order valence-electron chi connectivity index (χ4n) is 10.9. The van der Waals surface area contributed by atoms with Crippen LogP contribution < -0.4 is 26.6 Å². The van der Waals surface area contributed by atoms with Gasteiger partial charge < -0.3 is 20.9 Å². The van der Waals surface area contributed by atoms with Crippen molar-refractivity contribution in [3.63, 3.8) is 0 Å². The van der Waals surface area contributed by atoms with E-state index in [1.807, 2.05) is 12.1 Å². The SMILES string of the molecule is C=C(CCCNC(=O)c1ccc(NC(=O)[C@@H]2NC3(CCCCC3)[C@@]3(C(=O)Nc4cc(Cl)ccc43)[C@H]2c2ccnc(Cl)c2F)cc1)Cc1cccc2c1CN(C1CCC(=O)NC1=O)C2=O. The van der Waals surface area contributed by atoms with Crippen molar-refractivity contribution in [3.05, 3.63) is 134 Å². The van der Waals surface area contributed by atoms with Crippen molar-refractivity contribution >= 4 is 70.0 Å². The molecule has 1 unspecified atom stereocenters. The first-order valence-electron chi connectivity index (χ1n) is 21.6. The van der Waals surface area contributed by atoms with E-state index in [0.29, 0.717) is 78.2 Å². The van der Waals surface area contributed by atoms with Gasteiger partial charge in [-0.2, -0.15) is 0 Å². The van der Waals surface area contributed by atoms with Crippen LogP contribution >= 0.6 is 23.2 Å². The van der Waals surface area contributed by atoms with Crippen LogP contribution in [-0.2, 0) is 37.6 Å². The average molecular weight is 907 g/mol. The molecule has 2 saturated heterocycles. The molecule has 0 bridgehead atoms. The summed E-state index contributed by atoms with van der Waals surface area (Å²) in [6, 6.07) is 16.9. The van der Waals surface area contributed by atoms with Gasteiger partial charge in [0.2, 0.25) is 23.6 Å². The molecule has 64 heavy (non-hydrogen) atoms. The lowest BCUT2D eigenvalue weighted by atomic mass is 9.55. The highest BCUT2D eigenvalue weighted by molar-refractivity contribution is 6.31. The number of aromatic nitrogens is 1. The van der Waals surface area contributed by atoms with E-state index >= 15 is 4.39 Å². The number of anilines is 2. The summed E-state index contributed by atoms with van der Waals surface area (Å²) in [7, 11) is 0. The van der Waals surface area contributed by atoms with E-state index in [1.165, 1.54) is 17.2 Å². The third-order valence-electron chi connectivity index (χ3n) is 13.7. The van der Waals surface area contributed by atoms with Crippen molar-refractivity contribution in [2.24, 2.45) is 0 Å². The maximum atomic E-state index is 16.2. The summed E-state index contributed by atoms with van der Waals surface area (Å²) in [5, 5.41) is 14.9. The van der Waals surface area contributed by atoms with Gasteiger partial charge in [0.15, 0.2) is 11.0 Å². The lowest BCUT2D eigenvalue weighted by molar-refractivity contribution is -0.137. The van der Waals surface area contributed by atoms with Crippen LogP contribution in [0.4, 0.5) is 15.8 Å². The predicted octanol–water partition coefficient (Wildman–Crippen LogP) is 6.88. The summed E-state index contributed by atoms with van der Waals surface area (Å²) in [5.74, 6) is -3.96. The third-order valence-corrected chi connectivity index (χ3v) is 14.2. The lowest BCUT2D eigenvalue weighted by Gasteiger charge is -2.47. The van der Waals surface area contributed by atoms with Crippen LogP contribution in [0.15, 0.2) is 85.1 Å². The third kappa shape index (κ3) is 7.44. The number of nitrogens with one attached hydrogen (secondary N) is 5. The van der Waals surface area contributed by atoms with Crippen molar-refractivity contribution in [2.75, 3.05) is 17.2 Å². The second-order valence-electron chi connectivity index (χ2n) is 17.4. The Bertz CT molecular complexity index is 2630. The van der Waals surface area contributed by atoms with Gasteiger partial charge >= 0.3 is 0 Å². The molecule has 16 heteroatoms. The number of imide groups is 1. The molecule has 4 aromatic rings. The number of hydrogen-bond acceptors (Lipinski definition) is 8. The number of rotatable bonds is 11. The first-order valence-corrected chi connectivity index (χ1v) is 22.4. The Balaban J connectivity index is 0.846. The molecule has 330 valence electrons. The average Bonchev–Trinajstić information content (AvgIpc) is 3.87. The Labute approximate surface area is 378 Å². The van der Waals surface area contributed by atoms with Crippen molar-refractivity contribution in [1.29, 1.82) is 0 Å². The van der Waals surface area contributed by atoms with Gasteiger partial charge in [0.1, 0.15) is 11.5 Å². The summed E-state index contributed by atoms with van der Waals surface area (Å²) in [6.45, 7) is 4.91. The number of benzene rings is 3. The Kier molecular flexibility index (Phi) is 11.6. The van der Waals surface area contributed by atoms with Gasteiger partial charge in [-0.1, -0.05) is 72.8 Å². The first-order chi connectivity index (χ1) is 30.8. The van der Waals surface area contributed by atoms with Gasteiger partial charge in [0.25, 0.3) is 11.8 Å². The number of piperidine rings is 1. The molecule has 1 aromatic heterocycles. The number of pyridine rings is 1. The quantitative estimate of drug-likeness (QED) is 0.0468. The van der Waals surface area contributed by atoms with Crippen LogP contribution in [0.1, 0.15) is 107 Å². The van der Waals surface area contributed by atoms with Crippen molar-refractivity contribution in [2.45, 2.75) is 99.7 Å². The summed E-state index contributed by atoms with van der Waals surface area (Å²) < 4.78 is 16.2. The smallest absolute Gasteiger partial charge is 0.255 e. The summed E-state index contributed by atoms with van der Waals surface area (Å²) in [5.41, 5.74) is 3.02. The van der Waals surface area contributed by atoms with Gasteiger partial charge in [0, 0.05) is 64.7 Å². The second-order valence-corrected chi connectivity index (χ2v) is 18.2. The summed E-state index contributed by atoms with van der Waals surface area (Å²) in [6.07, 6.45) is 7.33. The molecule has 5 N–H and O–H groups in total. The Hall–Kier alpha value is -5.96. The lowest BCUT2D eigenvalue weighted by Crippen LogP contribution is -2.60. The largest absolute Gasteiger partial charge is 0.352 e. The normalized spacial score (nSPS) is 23.2. The number of nitrogens with zero attached hydrogens (tertiary/aromatic N) is 2. The standard InChI is InChI=1S/C48H46Cl2FN7O6/c1-26(23-28-8-5-9-31-33(28)25-58(45(31)63)36-16-17-37(59)56-43(36)61)7-6-21-53-42(60)27-10-13-30(14-11-27)54-44(62)40-38(32-18-22-52-41(50)39(32)51)48(47(57-40)19-3-2-4-20-47)34-15-12-29(49)24-35(34)55-46(48)64/h5,8-15,18,22,24,36,38,40,57H,1-4,6-7,16-17,19-21,23,25H2,(H,53,60)(H,54,62)(H,55,64)(H,56,59,61)/t36?,38-,40+,48+/m0/s1. The number of fused-ring (bicyclic) bond motifs is 4. The van der Waals surface area contributed by atoms with Gasteiger partial charge in [-0.15, -0.1) is 0 Å². The van der Waals surface area contributed by atoms with E-state index in [0.717, 1.165) is 36.0 Å². The number of carbonyl (C=O) groups excluding carboxylic acids is 6. The molecule has 4 aliphatic heterocycles. The Morgan fingerprint density at radius 1 is 0.969 bits per heavy atom. The van der Waals surface area contributed by atoms with Gasteiger partial charge in [-0.05, 0) is 109 Å². The summed E-state index contributed by atoms with van der Waals surface area (Å²) >= 11 is 12.7. The minimum Gasteiger partial charge on any atom is -0.352 e. The molecule has 5 heterocycles. The summed E-state index contributed by atoms with van der Waals surface area (Å²) in [4.78, 5) is 85.2. The Morgan fingerprint density at radius 3 is 2.52 bits per heavy atom. The van der Waals surface area contributed by atoms with E-state index in [9.17, 15) is 28.8 Å². The number of halogens is 3. The topological polar surface area (TPSA) is 179 Å². The molecule has 0 radical (unpaired) electrons. The molecule has 3 fully saturated rings. The van der Waals surface area contributed by atoms with E-state index in [4.69, 9.17) is 23.2 Å². The maximum absolute atomic E-state index is 16.2. The molecule has 5 aliphatic rings. The minimum absolute atomic E-state index is 0.0991. The highest BCUT2D eigenvalue weighted by Crippen LogP contribution is 2.62. The van der Waals surface area contributed by atoms with Crippen molar-refractivity contribution in [3.8, 4) is 0 Å².